The van der Waals surface area contributed by atoms with Gasteiger partial charge in [-0.1, -0.05) is 18.2 Å². The van der Waals surface area contributed by atoms with Crippen LogP contribution in [0.5, 0.6) is 0 Å². The molecule has 1 aromatic carbocycles. The molecule has 4 rings (SSSR count). The zero-order valence-corrected chi connectivity index (χ0v) is 16.2. The van der Waals surface area contributed by atoms with E-state index in [2.05, 4.69) is 57.9 Å². The molecule has 27 heavy (non-hydrogen) atoms. The molecule has 0 saturated heterocycles. The molecule has 1 unspecified atom stereocenters. The molecule has 1 aliphatic rings. The van der Waals surface area contributed by atoms with Gasteiger partial charge in [0.15, 0.2) is 11.0 Å². The fourth-order valence-electron chi connectivity index (χ4n) is 4.34. The lowest BCUT2D eigenvalue weighted by atomic mass is 9.90. The third kappa shape index (κ3) is 3.75. The zero-order valence-electron chi connectivity index (χ0n) is 16.2. The minimum atomic E-state index is 0.388. The molecule has 0 fully saturated rings. The third-order valence-corrected chi connectivity index (χ3v) is 5.81. The number of nitrogens with two attached hydrogens (primary N) is 1. The number of aromatic amines is 1. The Morgan fingerprint density at radius 3 is 2.96 bits per heavy atom. The van der Waals surface area contributed by atoms with Gasteiger partial charge in [0.25, 0.3) is 5.82 Å². The zero-order chi connectivity index (χ0) is 18.6. The van der Waals surface area contributed by atoms with E-state index in [0.29, 0.717) is 6.04 Å². The first-order valence-corrected chi connectivity index (χ1v) is 10.1. The van der Waals surface area contributed by atoms with Gasteiger partial charge in [0, 0.05) is 6.20 Å². The second kappa shape index (κ2) is 8.19. The second-order valence-corrected chi connectivity index (χ2v) is 7.57. The summed E-state index contributed by atoms with van der Waals surface area (Å²) in [4.78, 5) is 11.0. The van der Waals surface area contributed by atoms with Crippen molar-refractivity contribution in [3.8, 4) is 0 Å². The van der Waals surface area contributed by atoms with E-state index >= 15 is 0 Å². The molecule has 2 aromatic heterocycles. The third-order valence-electron chi connectivity index (χ3n) is 5.81. The SMILES string of the molecule is C[n+]1c(CN(CCCCN)C2CCCc3cccnc32)[nH]c2ccccc21. The minimum absolute atomic E-state index is 0.388. The van der Waals surface area contributed by atoms with Crippen LogP contribution in [0.3, 0.4) is 0 Å². The maximum absolute atomic E-state index is 5.76. The Hall–Kier alpha value is -2.24. The summed E-state index contributed by atoms with van der Waals surface area (Å²) in [5.74, 6) is 1.24. The van der Waals surface area contributed by atoms with E-state index in [-0.39, 0.29) is 0 Å². The van der Waals surface area contributed by atoms with Gasteiger partial charge < -0.3 is 5.73 Å². The van der Waals surface area contributed by atoms with Crippen molar-refractivity contribution in [1.82, 2.24) is 14.9 Å². The lowest BCUT2D eigenvalue weighted by molar-refractivity contribution is -0.654. The van der Waals surface area contributed by atoms with E-state index in [1.807, 2.05) is 6.20 Å². The summed E-state index contributed by atoms with van der Waals surface area (Å²) in [6, 6.07) is 13.2. The van der Waals surface area contributed by atoms with Crippen LogP contribution in [0.2, 0.25) is 0 Å². The van der Waals surface area contributed by atoms with Crippen molar-refractivity contribution < 1.29 is 4.57 Å². The van der Waals surface area contributed by atoms with Crippen molar-refractivity contribution in [2.45, 2.75) is 44.7 Å². The van der Waals surface area contributed by atoms with Gasteiger partial charge in [0.1, 0.15) is 6.54 Å². The van der Waals surface area contributed by atoms with Crippen LogP contribution in [-0.2, 0) is 20.0 Å². The van der Waals surface area contributed by atoms with Gasteiger partial charge in [-0.3, -0.25) is 9.88 Å². The number of hydrogen-bond acceptors (Lipinski definition) is 3. The van der Waals surface area contributed by atoms with Gasteiger partial charge in [0.2, 0.25) is 0 Å². The first-order chi connectivity index (χ1) is 13.3. The molecule has 3 N–H and O–H groups in total. The largest absolute Gasteiger partial charge is 0.330 e. The average molecular weight is 365 g/mol. The van der Waals surface area contributed by atoms with Crippen LogP contribution in [0.4, 0.5) is 0 Å². The molecule has 0 radical (unpaired) electrons. The second-order valence-electron chi connectivity index (χ2n) is 7.57. The van der Waals surface area contributed by atoms with Gasteiger partial charge >= 0.3 is 0 Å². The molecular formula is C22H30N5+. The Morgan fingerprint density at radius 1 is 1.22 bits per heavy atom. The number of nitrogens with zero attached hydrogens (tertiary/aromatic N) is 3. The van der Waals surface area contributed by atoms with E-state index in [0.717, 1.165) is 38.9 Å². The Morgan fingerprint density at radius 2 is 2.11 bits per heavy atom. The first-order valence-electron chi connectivity index (χ1n) is 10.1. The fourth-order valence-corrected chi connectivity index (χ4v) is 4.34. The van der Waals surface area contributed by atoms with E-state index in [9.17, 15) is 0 Å². The number of aryl methyl sites for hydroxylation is 2. The Bertz CT molecular complexity index is 901. The number of fused-ring (bicyclic) bond motifs is 2. The highest BCUT2D eigenvalue weighted by atomic mass is 15.2. The predicted molar refractivity (Wildman–Crippen MR) is 108 cm³/mol. The maximum Gasteiger partial charge on any atom is 0.269 e. The molecule has 3 aromatic rings. The normalized spacial score (nSPS) is 16.8. The molecule has 5 nitrogen and oxygen atoms in total. The van der Waals surface area contributed by atoms with Gasteiger partial charge in [0.05, 0.1) is 18.8 Å². The van der Waals surface area contributed by atoms with Crippen LogP contribution >= 0.6 is 0 Å². The highest BCUT2D eigenvalue weighted by molar-refractivity contribution is 5.70. The molecule has 0 bridgehead atoms. The minimum Gasteiger partial charge on any atom is -0.330 e. The van der Waals surface area contributed by atoms with Crippen molar-refractivity contribution in [3.05, 3.63) is 59.7 Å². The highest BCUT2D eigenvalue weighted by Gasteiger charge is 2.29. The van der Waals surface area contributed by atoms with Crippen molar-refractivity contribution >= 4 is 11.0 Å². The number of unbranched alkanes of at least 4 members (excludes halogenated alkanes) is 1. The molecule has 1 atom stereocenters. The number of benzene rings is 1. The smallest absolute Gasteiger partial charge is 0.269 e. The summed E-state index contributed by atoms with van der Waals surface area (Å²) < 4.78 is 2.29. The quantitative estimate of drug-likeness (QED) is 0.500. The predicted octanol–water partition coefficient (Wildman–Crippen LogP) is 3.01. The van der Waals surface area contributed by atoms with Gasteiger partial charge in [-0.25, -0.2) is 9.55 Å². The molecular weight excluding hydrogens is 334 g/mol. The van der Waals surface area contributed by atoms with Crippen LogP contribution in [0.25, 0.3) is 11.0 Å². The van der Waals surface area contributed by atoms with Crippen LogP contribution in [-0.4, -0.2) is 28.0 Å². The summed E-state index contributed by atoms with van der Waals surface area (Å²) in [7, 11) is 2.15. The number of rotatable bonds is 7. The standard InChI is InChI=1S/C22H29N5/c1-26-19-11-3-2-10-18(19)25-21(26)16-27(15-5-4-13-23)20-12-6-8-17-9-7-14-24-22(17)20/h2-3,7,9-11,14,20H,4-6,8,12-13,15-16,23H2,1H3/p+1. The Labute approximate surface area is 161 Å². The number of hydrogen-bond donors (Lipinski definition) is 2. The lowest BCUT2D eigenvalue weighted by Crippen LogP contribution is -2.39. The molecule has 0 spiro atoms. The summed E-state index contributed by atoms with van der Waals surface area (Å²) in [6.45, 7) is 2.71. The van der Waals surface area contributed by atoms with Gasteiger partial charge in [-0.15, -0.1) is 0 Å². The molecule has 0 amide bonds. The number of H-pyrrole nitrogens is 1. The van der Waals surface area contributed by atoms with E-state index < -0.39 is 0 Å². The van der Waals surface area contributed by atoms with Gasteiger partial charge in [-0.2, -0.15) is 0 Å². The Balaban J connectivity index is 1.64. The lowest BCUT2D eigenvalue weighted by Gasteiger charge is -2.34. The van der Waals surface area contributed by atoms with Crippen LogP contribution in [0.15, 0.2) is 42.6 Å². The number of pyridine rings is 1. The summed E-state index contributed by atoms with van der Waals surface area (Å²) in [5.41, 5.74) is 10.9. The fraction of sp³-hybridized carbons (Fsp3) is 0.455. The molecule has 0 saturated carbocycles. The molecule has 5 heteroatoms. The summed E-state index contributed by atoms with van der Waals surface area (Å²) >= 11 is 0. The van der Waals surface area contributed by atoms with E-state index in [1.54, 1.807) is 0 Å². The number of imidazole rings is 1. The molecule has 1 aliphatic carbocycles. The van der Waals surface area contributed by atoms with Crippen molar-refractivity contribution in [2.24, 2.45) is 12.8 Å². The van der Waals surface area contributed by atoms with Crippen LogP contribution in [0, 0.1) is 0 Å². The monoisotopic (exact) mass is 364 g/mol. The van der Waals surface area contributed by atoms with E-state index in [1.165, 1.54) is 41.0 Å². The van der Waals surface area contributed by atoms with Crippen molar-refractivity contribution in [2.75, 3.05) is 13.1 Å². The van der Waals surface area contributed by atoms with E-state index in [4.69, 9.17) is 10.7 Å². The number of nitrogens with one attached hydrogen (secondary N) is 1. The summed E-state index contributed by atoms with van der Waals surface area (Å²) in [5, 5.41) is 0. The summed E-state index contributed by atoms with van der Waals surface area (Å²) in [6.07, 6.45) is 7.69. The number of para-hydroxylation sites is 2. The number of aromatic nitrogens is 3. The highest BCUT2D eigenvalue weighted by Crippen LogP contribution is 2.33. The topological polar surface area (TPSA) is 61.8 Å². The van der Waals surface area contributed by atoms with Crippen LogP contribution < -0.4 is 10.3 Å². The maximum atomic E-state index is 5.76. The first kappa shape index (κ1) is 18.1. The van der Waals surface area contributed by atoms with Crippen LogP contribution in [0.1, 0.15) is 48.8 Å². The molecule has 2 heterocycles. The Kier molecular flexibility index (Phi) is 5.50. The van der Waals surface area contributed by atoms with Crippen molar-refractivity contribution in [1.29, 1.82) is 0 Å². The van der Waals surface area contributed by atoms with Gasteiger partial charge in [-0.05, 0) is 69.0 Å². The molecule has 0 aliphatic heterocycles. The molecule has 142 valence electrons. The average Bonchev–Trinajstić information content (AvgIpc) is 3.03. The van der Waals surface area contributed by atoms with Crippen molar-refractivity contribution in [3.63, 3.8) is 0 Å².